The topological polar surface area (TPSA) is 61.8 Å². The molecule has 1 atom stereocenters. The van der Waals surface area contributed by atoms with E-state index in [1.807, 2.05) is 17.9 Å². The molecule has 0 spiro atoms. The van der Waals surface area contributed by atoms with Gasteiger partial charge in [0.2, 0.25) is 5.91 Å². The van der Waals surface area contributed by atoms with Crippen molar-refractivity contribution in [3.05, 3.63) is 23.8 Å². The fourth-order valence-corrected chi connectivity index (χ4v) is 2.45. The van der Waals surface area contributed by atoms with Gasteiger partial charge < -0.3 is 20.1 Å². The first-order valence-electron chi connectivity index (χ1n) is 7.00. The van der Waals surface area contributed by atoms with E-state index in [-0.39, 0.29) is 17.7 Å². The number of rotatable bonds is 5. The highest BCUT2D eigenvalue weighted by molar-refractivity contribution is 5.78. The molecule has 0 aliphatic carbocycles. The summed E-state index contributed by atoms with van der Waals surface area (Å²) in [5.74, 6) is 0.923. The molecule has 1 fully saturated rings. The Labute approximate surface area is 119 Å². The Morgan fingerprint density at radius 3 is 2.75 bits per heavy atom. The molecule has 1 aliphatic heterocycles. The van der Waals surface area contributed by atoms with Crippen molar-refractivity contribution in [3.8, 4) is 11.5 Å². The molecule has 1 aromatic carbocycles. The number of hydrogen-bond donors (Lipinski definition) is 2. The van der Waals surface area contributed by atoms with Crippen LogP contribution in [0.25, 0.3) is 0 Å². The monoisotopic (exact) mass is 278 g/mol. The van der Waals surface area contributed by atoms with E-state index in [9.17, 15) is 9.90 Å². The maximum Gasteiger partial charge on any atom is 0.236 e. The van der Waals surface area contributed by atoms with Gasteiger partial charge in [-0.3, -0.25) is 4.79 Å². The van der Waals surface area contributed by atoms with Crippen molar-refractivity contribution in [2.24, 2.45) is 0 Å². The second-order valence-electron chi connectivity index (χ2n) is 5.12. The van der Waals surface area contributed by atoms with Gasteiger partial charge >= 0.3 is 0 Å². The van der Waals surface area contributed by atoms with Crippen LogP contribution < -0.4 is 10.1 Å². The van der Waals surface area contributed by atoms with E-state index in [2.05, 4.69) is 5.32 Å². The van der Waals surface area contributed by atoms with Gasteiger partial charge in [-0.05, 0) is 25.8 Å². The Balaban J connectivity index is 1.91. The molecule has 0 radical (unpaired) electrons. The quantitative estimate of drug-likeness (QED) is 0.860. The van der Waals surface area contributed by atoms with Crippen molar-refractivity contribution in [1.29, 1.82) is 0 Å². The maximum absolute atomic E-state index is 11.9. The van der Waals surface area contributed by atoms with Gasteiger partial charge in [-0.25, -0.2) is 0 Å². The summed E-state index contributed by atoms with van der Waals surface area (Å²) in [4.78, 5) is 13.8. The van der Waals surface area contributed by atoms with E-state index < -0.39 is 0 Å². The molecule has 5 nitrogen and oxygen atoms in total. The third-order valence-corrected chi connectivity index (χ3v) is 3.72. The molecule has 5 heteroatoms. The molecule has 0 saturated carbocycles. The Bertz CT molecular complexity index is 470. The zero-order chi connectivity index (χ0) is 14.5. The average Bonchev–Trinajstić information content (AvgIpc) is 2.98. The summed E-state index contributed by atoms with van der Waals surface area (Å²) >= 11 is 0. The first-order valence-corrected chi connectivity index (χ1v) is 7.00. The molecule has 1 aliphatic rings. The van der Waals surface area contributed by atoms with Crippen LogP contribution in [0.3, 0.4) is 0 Å². The van der Waals surface area contributed by atoms with Crippen molar-refractivity contribution < 1.29 is 14.6 Å². The minimum Gasteiger partial charge on any atom is -0.507 e. The minimum absolute atomic E-state index is 0.0903. The highest BCUT2D eigenvalue weighted by atomic mass is 16.5. The molecule has 0 bridgehead atoms. The van der Waals surface area contributed by atoms with Crippen molar-refractivity contribution >= 4 is 5.91 Å². The molecule has 1 amide bonds. The highest BCUT2D eigenvalue weighted by Gasteiger charge is 2.19. The zero-order valence-corrected chi connectivity index (χ0v) is 12.1. The standard InChI is InChI=1S/C15H22N2O3/c1-11(13-6-5-12(20-2)9-14(13)18)16-10-15(19)17-7-3-4-8-17/h5-6,9,11,16,18H,3-4,7-8,10H2,1-2H3. The van der Waals surface area contributed by atoms with Crippen LogP contribution in [0.2, 0.25) is 0 Å². The number of carbonyl (C=O) groups is 1. The van der Waals surface area contributed by atoms with Crippen molar-refractivity contribution in [1.82, 2.24) is 10.2 Å². The number of nitrogens with one attached hydrogen (secondary N) is 1. The maximum atomic E-state index is 11.9. The van der Waals surface area contributed by atoms with Gasteiger partial charge in [0.1, 0.15) is 11.5 Å². The predicted octanol–water partition coefficient (Wildman–Crippen LogP) is 1.67. The lowest BCUT2D eigenvalue weighted by Gasteiger charge is -2.19. The molecule has 0 aromatic heterocycles. The lowest BCUT2D eigenvalue weighted by Crippen LogP contribution is -2.37. The summed E-state index contributed by atoms with van der Waals surface area (Å²) in [6, 6.07) is 5.10. The molecule has 1 unspecified atom stereocenters. The van der Waals surface area contributed by atoms with Crippen molar-refractivity contribution in [3.63, 3.8) is 0 Å². The Kier molecular flexibility index (Phi) is 4.84. The van der Waals surface area contributed by atoms with Gasteiger partial charge in [0.25, 0.3) is 0 Å². The fraction of sp³-hybridized carbons (Fsp3) is 0.533. The van der Waals surface area contributed by atoms with Gasteiger partial charge in [0.15, 0.2) is 0 Å². The number of methoxy groups -OCH3 is 1. The summed E-state index contributed by atoms with van der Waals surface area (Å²) in [5, 5.41) is 13.1. The number of carbonyl (C=O) groups excluding carboxylic acids is 1. The molecule has 1 aromatic rings. The summed E-state index contributed by atoms with van der Waals surface area (Å²) in [5.41, 5.74) is 0.764. The highest BCUT2D eigenvalue weighted by Crippen LogP contribution is 2.28. The molecule has 20 heavy (non-hydrogen) atoms. The van der Waals surface area contributed by atoms with Crippen LogP contribution in [0.4, 0.5) is 0 Å². The Hall–Kier alpha value is -1.75. The van der Waals surface area contributed by atoms with Gasteiger partial charge in [0.05, 0.1) is 13.7 Å². The number of likely N-dealkylation sites (tertiary alicyclic amines) is 1. The van der Waals surface area contributed by atoms with Crippen LogP contribution in [-0.4, -0.2) is 42.7 Å². The molecule has 1 saturated heterocycles. The number of hydrogen-bond acceptors (Lipinski definition) is 4. The Morgan fingerprint density at radius 1 is 1.45 bits per heavy atom. The van der Waals surface area contributed by atoms with Crippen LogP contribution in [0.5, 0.6) is 11.5 Å². The number of ether oxygens (including phenoxy) is 1. The zero-order valence-electron chi connectivity index (χ0n) is 12.1. The van der Waals surface area contributed by atoms with Gasteiger partial charge in [0, 0.05) is 30.8 Å². The van der Waals surface area contributed by atoms with E-state index in [1.54, 1.807) is 19.2 Å². The lowest BCUT2D eigenvalue weighted by molar-refractivity contribution is -0.129. The third kappa shape index (κ3) is 3.42. The summed E-state index contributed by atoms with van der Waals surface area (Å²) < 4.78 is 5.05. The largest absolute Gasteiger partial charge is 0.507 e. The van der Waals surface area contributed by atoms with E-state index in [1.165, 1.54) is 0 Å². The number of amides is 1. The first kappa shape index (κ1) is 14.7. The van der Waals surface area contributed by atoms with Crippen LogP contribution in [0, 0.1) is 0 Å². The smallest absolute Gasteiger partial charge is 0.236 e. The van der Waals surface area contributed by atoms with Crippen LogP contribution >= 0.6 is 0 Å². The minimum atomic E-state index is -0.0903. The number of benzene rings is 1. The second kappa shape index (κ2) is 6.61. The van der Waals surface area contributed by atoms with Crippen LogP contribution in [-0.2, 0) is 4.79 Å². The van der Waals surface area contributed by atoms with Crippen LogP contribution in [0.15, 0.2) is 18.2 Å². The van der Waals surface area contributed by atoms with E-state index in [0.29, 0.717) is 12.3 Å². The van der Waals surface area contributed by atoms with E-state index in [4.69, 9.17) is 4.74 Å². The third-order valence-electron chi connectivity index (χ3n) is 3.72. The Morgan fingerprint density at radius 2 is 2.15 bits per heavy atom. The molecule has 1 heterocycles. The molecular weight excluding hydrogens is 256 g/mol. The normalized spacial score (nSPS) is 16.2. The molecule has 110 valence electrons. The second-order valence-corrected chi connectivity index (χ2v) is 5.12. The van der Waals surface area contributed by atoms with E-state index in [0.717, 1.165) is 31.5 Å². The van der Waals surface area contributed by atoms with Gasteiger partial charge in [-0.2, -0.15) is 0 Å². The first-order chi connectivity index (χ1) is 9.61. The van der Waals surface area contributed by atoms with Crippen molar-refractivity contribution in [2.45, 2.75) is 25.8 Å². The summed E-state index contributed by atoms with van der Waals surface area (Å²) in [6.45, 7) is 3.96. The summed E-state index contributed by atoms with van der Waals surface area (Å²) in [7, 11) is 1.56. The number of aromatic hydroxyl groups is 1. The van der Waals surface area contributed by atoms with Gasteiger partial charge in [-0.1, -0.05) is 6.07 Å². The lowest BCUT2D eigenvalue weighted by atomic mass is 10.1. The fourth-order valence-electron chi connectivity index (χ4n) is 2.45. The number of phenols is 1. The summed E-state index contributed by atoms with van der Waals surface area (Å²) in [6.07, 6.45) is 2.20. The molecule has 2 N–H and O–H groups in total. The SMILES string of the molecule is COc1ccc(C(C)NCC(=O)N2CCCC2)c(O)c1. The van der Waals surface area contributed by atoms with Crippen LogP contribution in [0.1, 0.15) is 31.4 Å². The predicted molar refractivity (Wildman–Crippen MR) is 76.9 cm³/mol. The van der Waals surface area contributed by atoms with Gasteiger partial charge in [-0.15, -0.1) is 0 Å². The number of phenolic OH excluding ortho intramolecular Hbond substituents is 1. The van der Waals surface area contributed by atoms with E-state index >= 15 is 0 Å². The van der Waals surface area contributed by atoms with Crippen molar-refractivity contribution in [2.75, 3.05) is 26.7 Å². The number of nitrogens with zero attached hydrogens (tertiary/aromatic N) is 1. The molecular formula is C15H22N2O3. The average molecular weight is 278 g/mol. The molecule has 2 rings (SSSR count).